The summed E-state index contributed by atoms with van der Waals surface area (Å²) in [5, 5.41) is 6.06. The molecule has 1 heterocycles. The van der Waals surface area contributed by atoms with E-state index in [1.165, 1.54) is 5.56 Å². The zero-order chi connectivity index (χ0) is 8.69. The highest BCUT2D eigenvalue weighted by atomic mass is 14.9. The monoisotopic (exact) mass is 152 g/mol. The third-order valence-electron chi connectivity index (χ3n) is 0.847. The smallest absolute Gasteiger partial charge is 0.183 e. The van der Waals surface area contributed by atoms with Gasteiger partial charge in [0, 0.05) is 12.4 Å². The second-order valence-electron chi connectivity index (χ2n) is 1.98. The molecular formula is C7H12N4. The minimum Gasteiger partial charge on any atom is -0.370 e. The molecule has 0 aliphatic heterocycles. The van der Waals surface area contributed by atoms with Crippen LogP contribution in [0.2, 0.25) is 0 Å². The van der Waals surface area contributed by atoms with Gasteiger partial charge in [0.1, 0.15) is 0 Å². The highest BCUT2D eigenvalue weighted by Crippen LogP contribution is 1.88. The van der Waals surface area contributed by atoms with E-state index in [0.29, 0.717) is 0 Å². The lowest BCUT2D eigenvalue weighted by molar-refractivity contribution is 1.29. The Kier molecular flexibility index (Phi) is 4.47. The van der Waals surface area contributed by atoms with Crippen molar-refractivity contribution in [3.63, 3.8) is 0 Å². The van der Waals surface area contributed by atoms with E-state index in [2.05, 4.69) is 16.5 Å². The lowest BCUT2D eigenvalue weighted by atomic mass is 10.3. The highest BCUT2D eigenvalue weighted by molar-refractivity contribution is 5.71. The fourth-order valence-electron chi connectivity index (χ4n) is 0.426. The van der Waals surface area contributed by atoms with Crippen LogP contribution in [0.5, 0.6) is 0 Å². The third kappa shape index (κ3) is 8.42. The normalized spacial score (nSPS) is 7.73. The first kappa shape index (κ1) is 9.42. The van der Waals surface area contributed by atoms with Crippen LogP contribution in [0, 0.1) is 12.3 Å². The Morgan fingerprint density at radius 2 is 1.73 bits per heavy atom. The van der Waals surface area contributed by atoms with E-state index >= 15 is 0 Å². The van der Waals surface area contributed by atoms with Crippen LogP contribution in [0.15, 0.2) is 24.5 Å². The minimum atomic E-state index is -0.333. The summed E-state index contributed by atoms with van der Waals surface area (Å²) in [6.07, 6.45) is 3.57. The molecule has 0 saturated heterocycles. The molecule has 0 aliphatic rings. The van der Waals surface area contributed by atoms with Crippen LogP contribution in [-0.4, -0.2) is 10.9 Å². The molecule has 0 saturated carbocycles. The number of nitrogens with one attached hydrogen (secondary N) is 1. The second-order valence-corrected chi connectivity index (χ2v) is 1.98. The van der Waals surface area contributed by atoms with Gasteiger partial charge in [0.15, 0.2) is 5.96 Å². The average Bonchev–Trinajstić information content (AvgIpc) is 1.87. The maximum Gasteiger partial charge on any atom is 0.183 e. The van der Waals surface area contributed by atoms with Gasteiger partial charge >= 0.3 is 0 Å². The molecule has 60 valence electrons. The largest absolute Gasteiger partial charge is 0.370 e. The Hall–Kier alpha value is -1.58. The van der Waals surface area contributed by atoms with Gasteiger partial charge in [-0.25, -0.2) is 0 Å². The van der Waals surface area contributed by atoms with E-state index in [1.807, 2.05) is 19.1 Å². The molecule has 0 radical (unpaired) electrons. The average molecular weight is 152 g/mol. The number of hydrogen-bond acceptors (Lipinski definition) is 2. The fourth-order valence-corrected chi connectivity index (χ4v) is 0.426. The predicted octanol–water partition coefficient (Wildman–Crippen LogP) is 0.229. The fraction of sp³-hybridized carbons (Fsp3) is 0.143. The summed E-state index contributed by atoms with van der Waals surface area (Å²) in [6.45, 7) is 2.04. The molecule has 1 aromatic rings. The Morgan fingerprint density at radius 1 is 1.36 bits per heavy atom. The van der Waals surface area contributed by atoms with Crippen molar-refractivity contribution in [2.45, 2.75) is 6.92 Å². The maximum absolute atomic E-state index is 6.06. The SMILES string of the molecule is Cc1ccncc1.N=C(N)N. The van der Waals surface area contributed by atoms with Crippen molar-refractivity contribution in [1.29, 1.82) is 5.41 Å². The zero-order valence-electron chi connectivity index (χ0n) is 6.41. The molecule has 0 unspecified atom stereocenters. The van der Waals surface area contributed by atoms with Crippen LogP contribution in [-0.2, 0) is 0 Å². The number of hydrogen-bond donors (Lipinski definition) is 3. The predicted molar refractivity (Wildman–Crippen MR) is 45.1 cm³/mol. The molecule has 0 atom stereocenters. The number of guanidine groups is 1. The lowest BCUT2D eigenvalue weighted by Gasteiger charge is -1.82. The number of nitrogens with zero attached hydrogens (tertiary/aromatic N) is 1. The van der Waals surface area contributed by atoms with Crippen LogP contribution in [0.4, 0.5) is 0 Å². The summed E-state index contributed by atoms with van der Waals surface area (Å²) in [5.41, 5.74) is 10.2. The van der Waals surface area contributed by atoms with Crippen molar-refractivity contribution < 1.29 is 0 Å². The quantitative estimate of drug-likeness (QED) is 0.367. The first-order valence-corrected chi connectivity index (χ1v) is 3.09. The molecule has 5 N–H and O–H groups in total. The number of pyridine rings is 1. The van der Waals surface area contributed by atoms with Gasteiger partial charge in [0.2, 0.25) is 0 Å². The van der Waals surface area contributed by atoms with Gasteiger partial charge in [0.25, 0.3) is 0 Å². The molecule has 0 spiro atoms. The summed E-state index contributed by atoms with van der Waals surface area (Å²) in [4.78, 5) is 3.85. The van der Waals surface area contributed by atoms with E-state index in [1.54, 1.807) is 12.4 Å². The van der Waals surface area contributed by atoms with Gasteiger partial charge < -0.3 is 11.5 Å². The first-order valence-electron chi connectivity index (χ1n) is 3.09. The van der Waals surface area contributed by atoms with Gasteiger partial charge in [-0.05, 0) is 24.6 Å². The van der Waals surface area contributed by atoms with Gasteiger partial charge in [-0.3, -0.25) is 10.4 Å². The molecule has 1 rings (SSSR count). The van der Waals surface area contributed by atoms with Crippen molar-refractivity contribution in [3.05, 3.63) is 30.1 Å². The summed E-state index contributed by atoms with van der Waals surface area (Å²) < 4.78 is 0. The zero-order valence-corrected chi connectivity index (χ0v) is 6.41. The van der Waals surface area contributed by atoms with E-state index in [0.717, 1.165) is 0 Å². The van der Waals surface area contributed by atoms with Gasteiger partial charge in [-0.1, -0.05) is 0 Å². The molecule has 0 aliphatic carbocycles. The summed E-state index contributed by atoms with van der Waals surface area (Å²) in [6, 6.07) is 3.94. The summed E-state index contributed by atoms with van der Waals surface area (Å²) >= 11 is 0. The van der Waals surface area contributed by atoms with Crippen LogP contribution in [0.25, 0.3) is 0 Å². The van der Waals surface area contributed by atoms with E-state index in [-0.39, 0.29) is 5.96 Å². The number of rotatable bonds is 0. The Morgan fingerprint density at radius 3 is 1.91 bits per heavy atom. The Bertz CT molecular complexity index is 203. The van der Waals surface area contributed by atoms with Gasteiger partial charge in [-0.15, -0.1) is 0 Å². The van der Waals surface area contributed by atoms with E-state index in [9.17, 15) is 0 Å². The third-order valence-corrected chi connectivity index (χ3v) is 0.847. The summed E-state index contributed by atoms with van der Waals surface area (Å²) in [5.74, 6) is -0.333. The second kappa shape index (κ2) is 5.22. The molecule has 4 nitrogen and oxygen atoms in total. The van der Waals surface area contributed by atoms with Crippen molar-refractivity contribution in [1.82, 2.24) is 4.98 Å². The number of aromatic nitrogens is 1. The molecule has 0 amide bonds. The standard InChI is InChI=1S/C6H7N.CH5N3/c1-6-2-4-7-5-3-6;2-1(3)4/h2-5H,1H3;(H5,2,3,4). The van der Waals surface area contributed by atoms with Crippen molar-refractivity contribution in [2.75, 3.05) is 0 Å². The van der Waals surface area contributed by atoms with Crippen molar-refractivity contribution >= 4 is 5.96 Å². The molecule has 1 aromatic heterocycles. The first-order chi connectivity index (χ1) is 5.13. The van der Waals surface area contributed by atoms with Gasteiger partial charge in [0.05, 0.1) is 0 Å². The molecule has 4 heteroatoms. The highest BCUT2D eigenvalue weighted by Gasteiger charge is 1.72. The number of aryl methyl sites for hydroxylation is 1. The van der Waals surface area contributed by atoms with Crippen molar-refractivity contribution in [3.8, 4) is 0 Å². The van der Waals surface area contributed by atoms with Crippen LogP contribution >= 0.6 is 0 Å². The van der Waals surface area contributed by atoms with Crippen LogP contribution in [0.1, 0.15) is 5.56 Å². The maximum atomic E-state index is 6.06. The lowest BCUT2D eigenvalue weighted by Crippen LogP contribution is -2.20. The van der Waals surface area contributed by atoms with E-state index in [4.69, 9.17) is 5.41 Å². The van der Waals surface area contributed by atoms with Crippen LogP contribution in [0.3, 0.4) is 0 Å². The molecule has 11 heavy (non-hydrogen) atoms. The minimum absolute atomic E-state index is 0.333. The molecular weight excluding hydrogens is 140 g/mol. The Balaban J connectivity index is 0.000000218. The molecule has 0 bridgehead atoms. The Labute approximate surface area is 65.8 Å². The molecule has 0 fully saturated rings. The number of nitrogens with two attached hydrogens (primary N) is 2. The summed E-state index contributed by atoms with van der Waals surface area (Å²) in [7, 11) is 0. The molecule has 0 aromatic carbocycles. The van der Waals surface area contributed by atoms with Crippen molar-refractivity contribution in [2.24, 2.45) is 11.5 Å². The van der Waals surface area contributed by atoms with Crippen LogP contribution < -0.4 is 11.5 Å². The van der Waals surface area contributed by atoms with E-state index < -0.39 is 0 Å². The van der Waals surface area contributed by atoms with Gasteiger partial charge in [-0.2, -0.15) is 0 Å². The topological polar surface area (TPSA) is 88.8 Å².